The number of piperidine rings is 2. The number of likely N-dealkylation sites (tertiary alicyclic amines) is 2. The molecule has 2 aliphatic carbocycles. The number of nitrogens with zero attached hydrogens (tertiary/aromatic N) is 3. The van der Waals surface area contributed by atoms with Crippen LogP contribution in [-0.4, -0.2) is 88.3 Å². The van der Waals surface area contributed by atoms with Crippen molar-refractivity contribution in [3.63, 3.8) is 0 Å². The largest absolute Gasteiger partial charge is 0.336 e. The van der Waals surface area contributed by atoms with Gasteiger partial charge in [0.05, 0.1) is 12.1 Å². The quantitative estimate of drug-likeness (QED) is 0.203. The lowest BCUT2D eigenvalue weighted by atomic mass is 9.84. The van der Waals surface area contributed by atoms with E-state index in [2.05, 4.69) is 35.2 Å². The van der Waals surface area contributed by atoms with Gasteiger partial charge in [0.15, 0.2) is 0 Å². The highest BCUT2D eigenvalue weighted by atomic mass is 16.2. The van der Waals surface area contributed by atoms with Gasteiger partial charge in [0, 0.05) is 31.5 Å². The molecule has 2 saturated heterocycles. The van der Waals surface area contributed by atoms with Crippen LogP contribution in [0.1, 0.15) is 107 Å². The van der Waals surface area contributed by atoms with Crippen LogP contribution in [0.2, 0.25) is 0 Å². The van der Waals surface area contributed by atoms with E-state index in [0.717, 1.165) is 5.56 Å². The zero-order valence-electron chi connectivity index (χ0n) is 33.2. The Hall–Kier alpha value is -4.16. The van der Waals surface area contributed by atoms with Crippen molar-refractivity contribution < 1.29 is 28.8 Å². The summed E-state index contributed by atoms with van der Waals surface area (Å²) in [5.41, 5.74) is 2.33. The molecule has 4 N–H and O–H groups in total. The van der Waals surface area contributed by atoms with Crippen LogP contribution in [0, 0.1) is 39.9 Å². The second-order valence-electron chi connectivity index (χ2n) is 18.4. The van der Waals surface area contributed by atoms with E-state index in [1.807, 2.05) is 85.7 Å². The lowest BCUT2D eigenvalue weighted by Crippen LogP contribution is -2.63. The summed E-state index contributed by atoms with van der Waals surface area (Å²) in [6.07, 6.45) is 2.62. The zero-order valence-corrected chi connectivity index (χ0v) is 33.2. The summed E-state index contributed by atoms with van der Waals surface area (Å²) in [7, 11) is 0. The maximum atomic E-state index is 14.5. The number of amides is 8. The average molecular weight is 736 g/mol. The minimum Gasteiger partial charge on any atom is -0.333 e. The fraction of sp³-hybridized carbons (Fsp3) is 0.700. The minimum atomic E-state index is -1.00. The number of imide groups is 1. The standard InChI is InChI=1S/C40H61N7O6/c1-11-19-47(37(53)41-23(2)24-15-13-12-14-16-24)44-32(48)30-29-27(40(29,9)10)21-45(30)35(51)31(39(6,7)8)43-36(52)42-28(38(3,4)5)22-46-33(49)25-17-18-26(20-25)34(46)50/h12-16,23,25-31H,11,17-22H2,1-10H3,(H,41,53)(H,44,48)(H2,42,43,52)/t23-,25?,26?,27-,28+,29-,30-,31+/m0/s1. The predicted molar refractivity (Wildman–Crippen MR) is 200 cm³/mol. The second kappa shape index (κ2) is 14.9. The van der Waals surface area contributed by atoms with Gasteiger partial charge in [0.25, 0.3) is 5.91 Å². The number of urea groups is 2. The van der Waals surface area contributed by atoms with Crippen LogP contribution in [0.15, 0.2) is 30.3 Å². The molecule has 4 aliphatic rings. The van der Waals surface area contributed by atoms with Crippen molar-refractivity contribution in [2.75, 3.05) is 19.6 Å². The van der Waals surface area contributed by atoms with Crippen LogP contribution in [0.4, 0.5) is 9.59 Å². The van der Waals surface area contributed by atoms with E-state index < -0.39 is 46.9 Å². The molecule has 2 heterocycles. The van der Waals surface area contributed by atoms with Gasteiger partial charge in [-0.05, 0) is 66.3 Å². The molecular formula is C40H61N7O6. The molecule has 1 aromatic carbocycles. The number of nitrogens with one attached hydrogen (secondary N) is 4. The molecule has 53 heavy (non-hydrogen) atoms. The Bertz CT molecular complexity index is 1560. The Morgan fingerprint density at radius 1 is 0.906 bits per heavy atom. The molecule has 292 valence electrons. The fourth-order valence-corrected chi connectivity index (χ4v) is 8.56. The number of benzene rings is 1. The molecular weight excluding hydrogens is 674 g/mol. The lowest BCUT2D eigenvalue weighted by Gasteiger charge is -2.40. The van der Waals surface area contributed by atoms with Gasteiger partial charge >= 0.3 is 12.1 Å². The van der Waals surface area contributed by atoms with Gasteiger partial charge in [0.2, 0.25) is 17.7 Å². The number of carbonyl (C=O) groups is 6. The number of hydrazine groups is 1. The third-order valence-corrected chi connectivity index (χ3v) is 12.1. The number of carbonyl (C=O) groups excluding carboxylic acids is 6. The molecule has 13 heteroatoms. The maximum absolute atomic E-state index is 14.5. The molecule has 0 aromatic heterocycles. The third kappa shape index (κ3) is 8.33. The van der Waals surface area contributed by atoms with Crippen LogP contribution < -0.4 is 21.4 Å². The van der Waals surface area contributed by atoms with Crippen molar-refractivity contribution in [2.24, 2.45) is 39.9 Å². The van der Waals surface area contributed by atoms with Crippen LogP contribution in [-0.2, 0) is 19.2 Å². The molecule has 0 radical (unpaired) electrons. The van der Waals surface area contributed by atoms with E-state index in [4.69, 9.17) is 0 Å². The van der Waals surface area contributed by atoms with Gasteiger partial charge in [-0.25, -0.2) is 14.6 Å². The second-order valence-corrected chi connectivity index (χ2v) is 18.4. The Morgan fingerprint density at radius 3 is 2.06 bits per heavy atom. The topological polar surface area (TPSA) is 160 Å². The molecule has 8 amide bonds. The molecule has 2 saturated carbocycles. The van der Waals surface area contributed by atoms with E-state index in [1.165, 1.54) is 9.91 Å². The van der Waals surface area contributed by atoms with Crippen molar-refractivity contribution in [3.05, 3.63) is 35.9 Å². The summed E-state index contributed by atoms with van der Waals surface area (Å²) >= 11 is 0. The maximum Gasteiger partial charge on any atom is 0.336 e. The first-order valence-electron chi connectivity index (χ1n) is 19.3. The fourth-order valence-electron chi connectivity index (χ4n) is 8.56. The number of hydrogen-bond acceptors (Lipinski definition) is 6. The Labute approximate surface area is 314 Å². The van der Waals surface area contributed by atoms with E-state index in [0.29, 0.717) is 32.2 Å². The Balaban J connectivity index is 1.30. The van der Waals surface area contributed by atoms with Gasteiger partial charge in [-0.15, -0.1) is 0 Å². The Kier molecular flexibility index (Phi) is 11.3. The summed E-state index contributed by atoms with van der Waals surface area (Å²) in [5, 5.41) is 10.2. The molecule has 2 aliphatic heterocycles. The first-order chi connectivity index (χ1) is 24.7. The van der Waals surface area contributed by atoms with E-state index in [-0.39, 0.29) is 65.9 Å². The van der Waals surface area contributed by atoms with E-state index in [1.54, 1.807) is 4.90 Å². The van der Waals surface area contributed by atoms with Crippen molar-refractivity contribution in [1.29, 1.82) is 0 Å². The van der Waals surface area contributed by atoms with Gasteiger partial charge in [-0.3, -0.25) is 29.5 Å². The highest BCUT2D eigenvalue weighted by Crippen LogP contribution is 2.65. The molecule has 5 rings (SSSR count). The molecule has 13 nitrogen and oxygen atoms in total. The monoisotopic (exact) mass is 735 g/mol. The van der Waals surface area contributed by atoms with Crippen molar-refractivity contribution in [1.82, 2.24) is 36.2 Å². The van der Waals surface area contributed by atoms with Crippen molar-refractivity contribution in [3.8, 4) is 0 Å². The minimum absolute atomic E-state index is 0.0501. The van der Waals surface area contributed by atoms with Gasteiger partial charge in [0.1, 0.15) is 12.1 Å². The number of fused-ring (bicyclic) bond motifs is 3. The normalized spacial score (nSPS) is 26.3. The smallest absolute Gasteiger partial charge is 0.333 e. The van der Waals surface area contributed by atoms with Crippen LogP contribution in [0.3, 0.4) is 0 Å². The summed E-state index contributed by atoms with van der Waals surface area (Å²) in [5.74, 6) is -1.52. The number of rotatable bonds is 10. The molecule has 2 unspecified atom stereocenters. The van der Waals surface area contributed by atoms with Crippen LogP contribution in [0.5, 0.6) is 0 Å². The van der Waals surface area contributed by atoms with Gasteiger partial charge < -0.3 is 20.9 Å². The van der Waals surface area contributed by atoms with Crippen LogP contribution >= 0.6 is 0 Å². The highest BCUT2D eigenvalue weighted by molar-refractivity contribution is 6.01. The SMILES string of the molecule is CCCN(NC(=O)[C@@H]1[C@@H]2[C@H](CN1C(=O)[C@@H](NC(=O)N[C@H](CN1C(=O)C3CCC(C3)C1=O)C(C)(C)C)C(C)(C)C)C2(C)C)C(=O)N[C@@H](C)c1ccccc1. The third-order valence-electron chi connectivity index (χ3n) is 12.1. The van der Waals surface area contributed by atoms with Crippen LogP contribution in [0.25, 0.3) is 0 Å². The number of hydrogen-bond donors (Lipinski definition) is 4. The van der Waals surface area contributed by atoms with E-state index >= 15 is 0 Å². The molecule has 0 spiro atoms. The average Bonchev–Trinajstić information content (AvgIpc) is 3.45. The van der Waals surface area contributed by atoms with E-state index in [9.17, 15) is 28.8 Å². The predicted octanol–water partition coefficient (Wildman–Crippen LogP) is 4.60. The van der Waals surface area contributed by atoms with Gasteiger partial charge in [-0.2, -0.15) is 0 Å². The summed E-state index contributed by atoms with van der Waals surface area (Å²) in [6.45, 7) is 20.0. The summed E-state index contributed by atoms with van der Waals surface area (Å²) < 4.78 is 0. The zero-order chi connectivity index (χ0) is 39.2. The van der Waals surface area contributed by atoms with Crippen molar-refractivity contribution in [2.45, 2.75) is 119 Å². The molecule has 1 aromatic rings. The summed E-state index contributed by atoms with van der Waals surface area (Å²) in [4.78, 5) is 85.2. The Morgan fingerprint density at radius 2 is 1.51 bits per heavy atom. The molecule has 8 atom stereocenters. The molecule has 2 bridgehead atoms. The highest BCUT2D eigenvalue weighted by Gasteiger charge is 2.70. The first-order valence-corrected chi connectivity index (χ1v) is 19.3. The van der Waals surface area contributed by atoms with Crippen molar-refractivity contribution >= 4 is 35.7 Å². The lowest BCUT2D eigenvalue weighted by molar-refractivity contribution is -0.153. The summed E-state index contributed by atoms with van der Waals surface area (Å²) in [6, 6.07) is 5.79. The molecule has 4 fully saturated rings. The van der Waals surface area contributed by atoms with Gasteiger partial charge in [-0.1, -0.05) is 92.6 Å². The first kappa shape index (κ1) is 40.0.